The maximum Gasteiger partial charge on any atom is 0.433 e. The Kier molecular flexibility index (Phi) is 4.75. The molecule has 1 aliphatic heterocycles. The summed E-state index contributed by atoms with van der Waals surface area (Å²) in [7, 11) is 0. The molecule has 9 heteroatoms. The Morgan fingerprint density at radius 3 is 2.59 bits per heavy atom. The number of hydrogen-bond donors (Lipinski definition) is 2. The van der Waals surface area contributed by atoms with E-state index in [1.54, 1.807) is 26.8 Å². The van der Waals surface area contributed by atoms with Crippen molar-refractivity contribution in [2.75, 3.05) is 11.9 Å². The summed E-state index contributed by atoms with van der Waals surface area (Å²) in [5.74, 6) is -1.66. The number of nitrogens with one attached hydrogen (secondary N) is 2. The summed E-state index contributed by atoms with van der Waals surface area (Å²) in [6.45, 7) is 5.76. The summed E-state index contributed by atoms with van der Waals surface area (Å²) in [5.41, 5.74) is -1.68. The van der Waals surface area contributed by atoms with Crippen LogP contribution < -0.4 is 10.6 Å². The minimum absolute atomic E-state index is 0.141. The average Bonchev–Trinajstić information content (AvgIpc) is 3.03. The summed E-state index contributed by atoms with van der Waals surface area (Å²) >= 11 is 0. The van der Waals surface area contributed by atoms with Gasteiger partial charge in [0.15, 0.2) is 5.69 Å². The lowest BCUT2D eigenvalue weighted by atomic mass is 9.99. The van der Waals surface area contributed by atoms with Crippen LogP contribution in [-0.2, 0) is 24.7 Å². The molecule has 1 aromatic heterocycles. The molecule has 1 aromatic carbocycles. The third kappa shape index (κ3) is 3.69. The van der Waals surface area contributed by atoms with Gasteiger partial charge in [-0.25, -0.2) is 4.39 Å². The van der Waals surface area contributed by atoms with E-state index in [0.717, 1.165) is 16.4 Å². The highest BCUT2D eigenvalue weighted by molar-refractivity contribution is 6.05. The van der Waals surface area contributed by atoms with Crippen molar-refractivity contribution < 1.29 is 22.4 Å². The molecule has 146 valence electrons. The lowest BCUT2D eigenvalue weighted by molar-refractivity contribution is -0.146. The van der Waals surface area contributed by atoms with Crippen LogP contribution in [0, 0.1) is 5.82 Å². The minimum Gasteiger partial charge on any atom is -0.319 e. The molecule has 2 heterocycles. The fourth-order valence-electron chi connectivity index (χ4n) is 3.12. The van der Waals surface area contributed by atoms with Gasteiger partial charge in [-0.1, -0.05) is 6.07 Å². The maximum absolute atomic E-state index is 14.7. The van der Waals surface area contributed by atoms with Crippen LogP contribution in [-0.4, -0.2) is 22.2 Å². The minimum atomic E-state index is -4.78. The maximum atomic E-state index is 14.7. The van der Waals surface area contributed by atoms with E-state index in [0.29, 0.717) is 25.1 Å². The Bertz CT molecular complexity index is 881. The number of halogens is 4. The number of hydrogen-bond acceptors (Lipinski definition) is 3. The Morgan fingerprint density at radius 2 is 1.96 bits per heavy atom. The number of benzene rings is 1. The zero-order valence-corrected chi connectivity index (χ0v) is 15.2. The lowest BCUT2D eigenvalue weighted by Crippen LogP contribution is -2.30. The van der Waals surface area contributed by atoms with Crippen LogP contribution in [0.3, 0.4) is 0 Å². The number of anilines is 1. The van der Waals surface area contributed by atoms with E-state index >= 15 is 0 Å². The van der Waals surface area contributed by atoms with E-state index in [1.165, 1.54) is 6.07 Å². The first-order valence-electron chi connectivity index (χ1n) is 8.48. The van der Waals surface area contributed by atoms with Crippen molar-refractivity contribution in [1.82, 2.24) is 15.1 Å². The molecule has 0 unspecified atom stereocenters. The van der Waals surface area contributed by atoms with Crippen LogP contribution >= 0.6 is 0 Å². The summed E-state index contributed by atoms with van der Waals surface area (Å²) in [5, 5.41) is 9.11. The van der Waals surface area contributed by atoms with Gasteiger partial charge < -0.3 is 10.6 Å². The van der Waals surface area contributed by atoms with Crippen molar-refractivity contribution in [2.45, 2.75) is 45.5 Å². The molecule has 3 rings (SSSR count). The Labute approximate surface area is 153 Å². The van der Waals surface area contributed by atoms with Crippen molar-refractivity contribution in [1.29, 1.82) is 0 Å². The summed E-state index contributed by atoms with van der Waals surface area (Å²) < 4.78 is 56.1. The first-order chi connectivity index (χ1) is 12.5. The average molecular weight is 384 g/mol. The largest absolute Gasteiger partial charge is 0.433 e. The van der Waals surface area contributed by atoms with Crippen LogP contribution in [0.4, 0.5) is 23.2 Å². The van der Waals surface area contributed by atoms with Crippen LogP contribution in [0.2, 0.25) is 0 Å². The number of amides is 1. The quantitative estimate of drug-likeness (QED) is 0.777. The summed E-state index contributed by atoms with van der Waals surface area (Å²) in [6, 6.07) is 3.02. The molecule has 5 nitrogen and oxygen atoms in total. The molecule has 0 bridgehead atoms. The van der Waals surface area contributed by atoms with Crippen LogP contribution in [0.15, 0.2) is 18.3 Å². The van der Waals surface area contributed by atoms with Crippen molar-refractivity contribution in [3.63, 3.8) is 0 Å². The SMILES string of the molecule is CC(C)(C)n1ncc(C(=O)Nc2ccc3c(c2F)CCNC3)c1C(F)(F)F. The molecule has 0 fully saturated rings. The molecule has 0 spiro atoms. The molecule has 27 heavy (non-hydrogen) atoms. The smallest absolute Gasteiger partial charge is 0.319 e. The van der Waals surface area contributed by atoms with Crippen LogP contribution in [0.1, 0.15) is 48.0 Å². The zero-order chi connectivity index (χ0) is 20.0. The highest BCUT2D eigenvalue weighted by Crippen LogP contribution is 2.35. The topological polar surface area (TPSA) is 59.0 Å². The predicted molar refractivity (Wildman–Crippen MR) is 92.0 cm³/mol. The third-order valence-electron chi connectivity index (χ3n) is 4.37. The van der Waals surface area contributed by atoms with Crippen LogP contribution in [0.5, 0.6) is 0 Å². The third-order valence-corrected chi connectivity index (χ3v) is 4.37. The van der Waals surface area contributed by atoms with Gasteiger partial charge in [0.05, 0.1) is 23.0 Å². The number of aromatic nitrogens is 2. The molecule has 0 saturated heterocycles. The first kappa shape index (κ1) is 19.3. The summed E-state index contributed by atoms with van der Waals surface area (Å²) in [4.78, 5) is 12.5. The van der Waals surface area contributed by atoms with Crippen molar-refractivity contribution in [2.24, 2.45) is 0 Å². The van der Waals surface area contributed by atoms with E-state index in [-0.39, 0.29) is 5.69 Å². The second-order valence-electron chi connectivity index (χ2n) is 7.43. The molecule has 0 atom stereocenters. The first-order valence-corrected chi connectivity index (χ1v) is 8.48. The normalized spacial score (nSPS) is 14.8. The number of fused-ring (bicyclic) bond motifs is 1. The van der Waals surface area contributed by atoms with Gasteiger partial charge in [0.25, 0.3) is 5.91 Å². The fraction of sp³-hybridized carbons (Fsp3) is 0.444. The zero-order valence-electron chi connectivity index (χ0n) is 15.2. The van der Waals surface area contributed by atoms with E-state index in [4.69, 9.17) is 0 Å². The second kappa shape index (κ2) is 6.63. The number of rotatable bonds is 2. The molecular formula is C18H20F4N4O. The Hall–Kier alpha value is -2.42. The molecule has 0 radical (unpaired) electrons. The van der Waals surface area contributed by atoms with Crippen LogP contribution in [0.25, 0.3) is 0 Å². The monoisotopic (exact) mass is 384 g/mol. The van der Waals surface area contributed by atoms with E-state index in [9.17, 15) is 22.4 Å². The summed E-state index contributed by atoms with van der Waals surface area (Å²) in [6.07, 6.45) is -3.47. The second-order valence-corrected chi connectivity index (χ2v) is 7.43. The Morgan fingerprint density at radius 1 is 1.26 bits per heavy atom. The Balaban J connectivity index is 1.97. The molecule has 2 aromatic rings. The predicted octanol–water partition coefficient (Wildman–Crippen LogP) is 3.69. The highest BCUT2D eigenvalue weighted by atomic mass is 19.4. The van der Waals surface area contributed by atoms with Crippen molar-refractivity contribution in [3.8, 4) is 0 Å². The van der Waals surface area contributed by atoms with Gasteiger partial charge in [-0.3, -0.25) is 9.48 Å². The van der Waals surface area contributed by atoms with Crippen molar-refractivity contribution in [3.05, 3.63) is 46.5 Å². The molecule has 0 saturated carbocycles. The van der Waals surface area contributed by atoms with Gasteiger partial charge in [-0.2, -0.15) is 18.3 Å². The van der Waals surface area contributed by atoms with Gasteiger partial charge in [-0.05, 0) is 50.9 Å². The highest BCUT2D eigenvalue weighted by Gasteiger charge is 2.42. The van der Waals surface area contributed by atoms with Gasteiger partial charge in [0.2, 0.25) is 0 Å². The number of alkyl halides is 3. The van der Waals surface area contributed by atoms with Gasteiger partial charge >= 0.3 is 6.18 Å². The van der Waals surface area contributed by atoms with Gasteiger partial charge in [0.1, 0.15) is 5.82 Å². The molecular weight excluding hydrogens is 364 g/mol. The molecule has 1 aliphatic rings. The van der Waals surface area contributed by atoms with E-state index in [1.807, 2.05) is 0 Å². The van der Waals surface area contributed by atoms with Gasteiger partial charge in [0, 0.05) is 6.54 Å². The van der Waals surface area contributed by atoms with Gasteiger partial charge in [-0.15, -0.1) is 0 Å². The molecule has 2 N–H and O–H groups in total. The number of carbonyl (C=O) groups excluding carboxylic acids is 1. The molecule has 0 aliphatic carbocycles. The number of nitrogens with zero attached hydrogens (tertiary/aromatic N) is 2. The van der Waals surface area contributed by atoms with E-state index < -0.39 is 34.7 Å². The fourth-order valence-corrected chi connectivity index (χ4v) is 3.12. The molecule has 1 amide bonds. The number of carbonyl (C=O) groups is 1. The van der Waals surface area contributed by atoms with E-state index in [2.05, 4.69) is 15.7 Å². The lowest BCUT2D eigenvalue weighted by Gasteiger charge is -2.24. The van der Waals surface area contributed by atoms with Crippen molar-refractivity contribution >= 4 is 11.6 Å². The standard InChI is InChI=1S/C18H20F4N4O/c1-17(2,3)26-15(18(20,21)22)12(9-24-26)16(27)25-13-5-4-10-8-23-7-6-11(10)14(13)19/h4-5,9,23H,6-8H2,1-3H3,(H,25,27).